The van der Waals surface area contributed by atoms with Gasteiger partial charge in [-0.2, -0.15) is 0 Å². The topological polar surface area (TPSA) is 49.3 Å². The smallest absolute Gasteiger partial charge is 0.337 e. The summed E-state index contributed by atoms with van der Waals surface area (Å²) in [5.74, 6) is -0.900. The number of hydrogen-bond donors (Lipinski definition) is 2. The zero-order chi connectivity index (χ0) is 14.5. The number of benzene rings is 2. The highest BCUT2D eigenvalue weighted by Gasteiger charge is 2.09. The number of rotatable bonds is 5. The summed E-state index contributed by atoms with van der Waals surface area (Å²) in [6, 6.07) is 13.6. The van der Waals surface area contributed by atoms with Gasteiger partial charge in [0.2, 0.25) is 0 Å². The van der Waals surface area contributed by atoms with Crippen LogP contribution in [0.1, 0.15) is 27.0 Å². The third-order valence-electron chi connectivity index (χ3n) is 3.38. The highest BCUT2D eigenvalue weighted by Crippen LogP contribution is 2.18. The van der Waals surface area contributed by atoms with Crippen molar-refractivity contribution in [1.29, 1.82) is 0 Å². The molecule has 0 heterocycles. The Morgan fingerprint density at radius 2 is 1.90 bits per heavy atom. The molecule has 0 atom stereocenters. The van der Waals surface area contributed by atoms with E-state index in [1.54, 1.807) is 6.07 Å². The first-order valence-corrected chi connectivity index (χ1v) is 6.70. The molecule has 0 saturated carbocycles. The van der Waals surface area contributed by atoms with Gasteiger partial charge in [0.1, 0.15) is 0 Å². The Labute approximate surface area is 119 Å². The predicted molar refractivity (Wildman–Crippen MR) is 81.5 cm³/mol. The molecule has 0 aromatic heterocycles. The van der Waals surface area contributed by atoms with E-state index in [0.29, 0.717) is 17.8 Å². The zero-order valence-corrected chi connectivity index (χ0v) is 11.8. The first kappa shape index (κ1) is 14.1. The van der Waals surface area contributed by atoms with Crippen LogP contribution < -0.4 is 5.32 Å². The molecule has 0 aliphatic carbocycles. The van der Waals surface area contributed by atoms with Crippen LogP contribution in [0.4, 0.5) is 5.69 Å². The first-order chi connectivity index (χ1) is 9.58. The quantitative estimate of drug-likeness (QED) is 0.871. The minimum atomic E-state index is -0.900. The summed E-state index contributed by atoms with van der Waals surface area (Å²) in [7, 11) is 0. The van der Waals surface area contributed by atoms with Crippen molar-refractivity contribution in [3.63, 3.8) is 0 Å². The van der Waals surface area contributed by atoms with E-state index in [1.165, 1.54) is 11.1 Å². The van der Waals surface area contributed by atoms with Crippen molar-refractivity contribution < 1.29 is 9.90 Å². The van der Waals surface area contributed by atoms with Gasteiger partial charge in [0.05, 0.1) is 5.56 Å². The molecule has 3 nitrogen and oxygen atoms in total. The highest BCUT2D eigenvalue weighted by atomic mass is 16.4. The highest BCUT2D eigenvalue weighted by molar-refractivity contribution is 5.94. The lowest BCUT2D eigenvalue weighted by Crippen LogP contribution is -2.10. The molecule has 2 aromatic rings. The number of carboxylic acids is 1. The number of aryl methyl sites for hydroxylation is 2. The van der Waals surface area contributed by atoms with Gasteiger partial charge in [0.25, 0.3) is 0 Å². The van der Waals surface area contributed by atoms with E-state index >= 15 is 0 Å². The average molecular weight is 269 g/mol. The standard InChI is InChI=1S/C17H19NO2/c1-12-7-8-15(17(19)20)16(11-12)18-10-9-14-6-4-3-5-13(14)2/h3-8,11,18H,9-10H2,1-2H3,(H,19,20). The average Bonchev–Trinajstić information content (AvgIpc) is 2.41. The van der Waals surface area contributed by atoms with Gasteiger partial charge in [-0.15, -0.1) is 0 Å². The van der Waals surface area contributed by atoms with Gasteiger partial charge in [-0.3, -0.25) is 0 Å². The molecule has 0 unspecified atom stereocenters. The third kappa shape index (κ3) is 3.38. The van der Waals surface area contributed by atoms with Crippen molar-refractivity contribution in [3.05, 3.63) is 64.7 Å². The second-order valence-electron chi connectivity index (χ2n) is 4.96. The minimum absolute atomic E-state index is 0.320. The fraction of sp³-hybridized carbons (Fsp3) is 0.235. The van der Waals surface area contributed by atoms with Crippen LogP contribution in [0.3, 0.4) is 0 Å². The van der Waals surface area contributed by atoms with E-state index in [4.69, 9.17) is 0 Å². The van der Waals surface area contributed by atoms with Crippen molar-refractivity contribution in [3.8, 4) is 0 Å². The van der Waals surface area contributed by atoms with Crippen LogP contribution in [-0.4, -0.2) is 17.6 Å². The fourth-order valence-electron chi connectivity index (χ4n) is 2.21. The lowest BCUT2D eigenvalue weighted by Gasteiger charge is -2.11. The monoisotopic (exact) mass is 269 g/mol. The van der Waals surface area contributed by atoms with E-state index in [0.717, 1.165) is 12.0 Å². The number of aromatic carboxylic acids is 1. The Kier molecular flexibility index (Phi) is 4.41. The van der Waals surface area contributed by atoms with E-state index in [1.807, 2.05) is 31.2 Å². The maximum absolute atomic E-state index is 11.2. The van der Waals surface area contributed by atoms with E-state index in [-0.39, 0.29) is 0 Å². The van der Waals surface area contributed by atoms with Crippen LogP contribution in [0.25, 0.3) is 0 Å². The van der Waals surface area contributed by atoms with Gasteiger partial charge in [-0.1, -0.05) is 30.3 Å². The van der Waals surface area contributed by atoms with Crippen LogP contribution in [-0.2, 0) is 6.42 Å². The van der Waals surface area contributed by atoms with E-state index in [2.05, 4.69) is 24.4 Å². The molecular weight excluding hydrogens is 250 g/mol. The van der Waals surface area contributed by atoms with Gasteiger partial charge in [0.15, 0.2) is 0 Å². The van der Waals surface area contributed by atoms with Crippen molar-refractivity contribution in [2.24, 2.45) is 0 Å². The molecule has 20 heavy (non-hydrogen) atoms. The second-order valence-corrected chi connectivity index (χ2v) is 4.96. The van der Waals surface area contributed by atoms with Crippen LogP contribution in [0.15, 0.2) is 42.5 Å². The number of carboxylic acid groups (broad SMARTS) is 1. The summed E-state index contributed by atoms with van der Waals surface area (Å²) in [4.78, 5) is 11.2. The van der Waals surface area contributed by atoms with Crippen molar-refractivity contribution >= 4 is 11.7 Å². The summed E-state index contributed by atoms with van der Waals surface area (Å²) in [5.41, 5.74) is 4.60. The molecule has 0 fully saturated rings. The Morgan fingerprint density at radius 1 is 1.15 bits per heavy atom. The van der Waals surface area contributed by atoms with Gasteiger partial charge in [-0.05, 0) is 49.1 Å². The molecule has 0 aliphatic heterocycles. The van der Waals surface area contributed by atoms with Crippen molar-refractivity contribution in [1.82, 2.24) is 0 Å². The molecule has 0 bridgehead atoms. The molecule has 104 valence electrons. The maximum atomic E-state index is 11.2. The second kappa shape index (κ2) is 6.24. The lowest BCUT2D eigenvalue weighted by molar-refractivity contribution is 0.0698. The van der Waals surface area contributed by atoms with Gasteiger partial charge >= 0.3 is 5.97 Å². The summed E-state index contributed by atoms with van der Waals surface area (Å²) in [6.45, 7) is 4.76. The Bertz CT molecular complexity index is 620. The number of hydrogen-bond acceptors (Lipinski definition) is 2. The van der Waals surface area contributed by atoms with Gasteiger partial charge in [-0.25, -0.2) is 4.79 Å². The SMILES string of the molecule is Cc1ccc(C(=O)O)c(NCCc2ccccc2C)c1. The van der Waals surface area contributed by atoms with Crippen molar-refractivity contribution in [2.45, 2.75) is 20.3 Å². The lowest BCUT2D eigenvalue weighted by atomic mass is 10.1. The maximum Gasteiger partial charge on any atom is 0.337 e. The predicted octanol–water partition coefficient (Wildman–Crippen LogP) is 3.66. The molecule has 2 N–H and O–H groups in total. The molecule has 3 heteroatoms. The Balaban J connectivity index is 2.06. The molecule has 0 amide bonds. The first-order valence-electron chi connectivity index (χ1n) is 6.70. The van der Waals surface area contributed by atoms with Gasteiger partial charge in [0, 0.05) is 12.2 Å². The molecule has 0 aliphatic rings. The van der Waals surface area contributed by atoms with Crippen LogP contribution >= 0.6 is 0 Å². The fourth-order valence-corrected chi connectivity index (χ4v) is 2.21. The number of carbonyl (C=O) groups is 1. The number of anilines is 1. The van der Waals surface area contributed by atoms with Crippen LogP contribution in [0.5, 0.6) is 0 Å². The van der Waals surface area contributed by atoms with Crippen molar-refractivity contribution in [2.75, 3.05) is 11.9 Å². The summed E-state index contributed by atoms with van der Waals surface area (Å²) >= 11 is 0. The summed E-state index contributed by atoms with van der Waals surface area (Å²) in [6.07, 6.45) is 0.875. The molecule has 0 radical (unpaired) electrons. The normalized spacial score (nSPS) is 10.3. The molecule has 2 rings (SSSR count). The third-order valence-corrected chi connectivity index (χ3v) is 3.38. The van der Waals surface area contributed by atoms with Crippen LogP contribution in [0.2, 0.25) is 0 Å². The minimum Gasteiger partial charge on any atom is -0.478 e. The van der Waals surface area contributed by atoms with E-state index < -0.39 is 5.97 Å². The van der Waals surface area contributed by atoms with Gasteiger partial charge < -0.3 is 10.4 Å². The Hall–Kier alpha value is -2.29. The van der Waals surface area contributed by atoms with E-state index in [9.17, 15) is 9.90 Å². The molecule has 2 aromatic carbocycles. The Morgan fingerprint density at radius 3 is 2.60 bits per heavy atom. The largest absolute Gasteiger partial charge is 0.478 e. The summed E-state index contributed by atoms with van der Waals surface area (Å²) in [5, 5.41) is 12.4. The number of nitrogens with one attached hydrogen (secondary N) is 1. The molecular formula is C17H19NO2. The molecule has 0 saturated heterocycles. The zero-order valence-electron chi connectivity index (χ0n) is 11.8. The molecule has 0 spiro atoms. The summed E-state index contributed by atoms with van der Waals surface area (Å²) < 4.78 is 0. The van der Waals surface area contributed by atoms with Crippen LogP contribution in [0, 0.1) is 13.8 Å².